The van der Waals surface area contributed by atoms with Gasteiger partial charge in [-0.25, -0.2) is 0 Å². The van der Waals surface area contributed by atoms with Crippen LogP contribution in [0.3, 0.4) is 0 Å². The van der Waals surface area contributed by atoms with Gasteiger partial charge in [-0.05, 0) is 41.0 Å². The molecule has 0 saturated heterocycles. The minimum atomic E-state index is 0.0901. The molecule has 1 atom stereocenters. The Morgan fingerprint density at radius 1 is 0.955 bits per heavy atom. The number of hydrogen-bond donors (Lipinski definition) is 1. The maximum Gasteiger partial charge on any atom is 0.119 e. The fraction of sp³-hybridized carbons (Fsp3) is 0.368. The third kappa shape index (κ3) is 2.57. The Labute approximate surface area is 132 Å². The Hall–Kier alpha value is -2.00. The van der Waals surface area contributed by atoms with Crippen molar-refractivity contribution in [1.29, 1.82) is 0 Å². The van der Waals surface area contributed by atoms with Crippen LogP contribution in [0.15, 0.2) is 42.5 Å². The lowest BCUT2D eigenvalue weighted by Gasteiger charge is -2.38. The lowest BCUT2D eigenvalue weighted by molar-refractivity contribution is 0.390. The molecule has 116 valence electrons. The van der Waals surface area contributed by atoms with Crippen molar-refractivity contribution >= 4 is 0 Å². The van der Waals surface area contributed by atoms with E-state index in [9.17, 15) is 0 Å². The van der Waals surface area contributed by atoms with E-state index < -0.39 is 0 Å². The molecule has 3 rings (SSSR count). The zero-order chi connectivity index (χ0) is 15.7. The van der Waals surface area contributed by atoms with Gasteiger partial charge in [0.15, 0.2) is 0 Å². The topological polar surface area (TPSA) is 30.5 Å². The van der Waals surface area contributed by atoms with Gasteiger partial charge in [-0.2, -0.15) is 0 Å². The lowest BCUT2D eigenvalue weighted by Crippen LogP contribution is -2.42. The predicted octanol–water partition coefficient (Wildman–Crippen LogP) is 3.67. The van der Waals surface area contributed by atoms with Crippen LogP contribution in [-0.2, 0) is 5.41 Å². The molecule has 1 heterocycles. The summed E-state index contributed by atoms with van der Waals surface area (Å²) in [6, 6.07) is 14.9. The standard InChI is InChI=1S/C19H23NO2/c1-19(2)12-20-18(13-5-7-14(21-3)8-6-13)16-10-9-15(22-4)11-17(16)19/h5-11,18,20H,12H2,1-4H3. The lowest BCUT2D eigenvalue weighted by atomic mass is 9.75. The summed E-state index contributed by atoms with van der Waals surface area (Å²) in [5, 5.41) is 3.68. The Bertz CT molecular complexity index is 662. The Kier molecular flexibility index (Phi) is 3.83. The molecule has 3 nitrogen and oxygen atoms in total. The summed E-state index contributed by atoms with van der Waals surface area (Å²) in [6.45, 7) is 5.47. The molecular formula is C19H23NO2. The van der Waals surface area contributed by atoms with E-state index >= 15 is 0 Å². The van der Waals surface area contributed by atoms with E-state index in [2.05, 4.69) is 43.4 Å². The molecule has 3 heteroatoms. The summed E-state index contributed by atoms with van der Waals surface area (Å²) >= 11 is 0. The number of methoxy groups -OCH3 is 2. The number of rotatable bonds is 3. The highest BCUT2D eigenvalue weighted by molar-refractivity contribution is 5.47. The number of nitrogens with one attached hydrogen (secondary N) is 1. The second-order valence-corrected chi connectivity index (χ2v) is 6.42. The van der Waals surface area contributed by atoms with Gasteiger partial charge >= 0.3 is 0 Å². The minimum Gasteiger partial charge on any atom is -0.497 e. The molecule has 2 aromatic rings. The normalized spacial score (nSPS) is 19.4. The SMILES string of the molecule is COc1ccc(C2NCC(C)(C)c3cc(OC)ccc32)cc1. The minimum absolute atomic E-state index is 0.0901. The number of benzene rings is 2. The van der Waals surface area contributed by atoms with Crippen molar-refractivity contribution in [1.82, 2.24) is 5.32 Å². The summed E-state index contributed by atoms with van der Waals surface area (Å²) in [7, 11) is 3.41. The molecule has 0 fully saturated rings. The molecule has 1 unspecified atom stereocenters. The predicted molar refractivity (Wildman–Crippen MR) is 88.9 cm³/mol. The van der Waals surface area contributed by atoms with Crippen molar-refractivity contribution in [2.24, 2.45) is 0 Å². The second-order valence-electron chi connectivity index (χ2n) is 6.42. The first-order valence-corrected chi connectivity index (χ1v) is 7.61. The Balaban J connectivity index is 2.04. The van der Waals surface area contributed by atoms with Gasteiger partial charge in [-0.3, -0.25) is 0 Å². The number of ether oxygens (including phenoxy) is 2. The summed E-state index contributed by atoms with van der Waals surface area (Å²) < 4.78 is 10.7. The first-order valence-electron chi connectivity index (χ1n) is 7.61. The van der Waals surface area contributed by atoms with Gasteiger partial charge in [0.2, 0.25) is 0 Å². The highest BCUT2D eigenvalue weighted by atomic mass is 16.5. The zero-order valence-corrected chi connectivity index (χ0v) is 13.6. The molecule has 0 bridgehead atoms. The largest absolute Gasteiger partial charge is 0.497 e. The van der Waals surface area contributed by atoms with E-state index in [1.807, 2.05) is 18.2 Å². The van der Waals surface area contributed by atoms with Gasteiger partial charge in [0.05, 0.1) is 20.3 Å². The Morgan fingerprint density at radius 3 is 2.23 bits per heavy atom. The van der Waals surface area contributed by atoms with Crippen molar-refractivity contribution < 1.29 is 9.47 Å². The second kappa shape index (κ2) is 5.65. The third-order valence-corrected chi connectivity index (χ3v) is 4.50. The van der Waals surface area contributed by atoms with Gasteiger partial charge in [-0.15, -0.1) is 0 Å². The van der Waals surface area contributed by atoms with Crippen molar-refractivity contribution in [2.75, 3.05) is 20.8 Å². The smallest absolute Gasteiger partial charge is 0.119 e. The van der Waals surface area contributed by atoms with Crippen molar-refractivity contribution in [3.05, 3.63) is 59.2 Å². The van der Waals surface area contributed by atoms with Crippen molar-refractivity contribution in [3.63, 3.8) is 0 Å². The quantitative estimate of drug-likeness (QED) is 0.937. The average molecular weight is 297 g/mol. The van der Waals surface area contributed by atoms with Gasteiger partial charge in [0.25, 0.3) is 0 Å². The fourth-order valence-corrected chi connectivity index (χ4v) is 3.16. The molecule has 1 aliphatic rings. The molecule has 0 spiro atoms. The van der Waals surface area contributed by atoms with Crippen LogP contribution in [0.5, 0.6) is 11.5 Å². The maximum absolute atomic E-state index is 5.41. The molecule has 0 aliphatic carbocycles. The first kappa shape index (κ1) is 14.9. The highest BCUT2D eigenvalue weighted by Gasteiger charge is 2.33. The summed E-state index contributed by atoms with van der Waals surface area (Å²) in [6.07, 6.45) is 0. The molecule has 2 aromatic carbocycles. The van der Waals surface area contributed by atoms with Crippen LogP contribution >= 0.6 is 0 Å². The number of hydrogen-bond acceptors (Lipinski definition) is 3. The summed E-state index contributed by atoms with van der Waals surface area (Å²) in [5.41, 5.74) is 4.02. The molecule has 0 aromatic heterocycles. The van der Waals surface area contributed by atoms with Crippen molar-refractivity contribution in [2.45, 2.75) is 25.3 Å². The van der Waals surface area contributed by atoms with E-state index in [-0.39, 0.29) is 11.5 Å². The molecular weight excluding hydrogens is 274 g/mol. The fourth-order valence-electron chi connectivity index (χ4n) is 3.16. The molecule has 0 saturated carbocycles. The van der Waals surface area contributed by atoms with Crippen LogP contribution < -0.4 is 14.8 Å². The monoisotopic (exact) mass is 297 g/mol. The summed E-state index contributed by atoms with van der Waals surface area (Å²) in [4.78, 5) is 0. The van der Waals surface area contributed by atoms with Crippen LogP contribution in [-0.4, -0.2) is 20.8 Å². The Morgan fingerprint density at radius 2 is 1.59 bits per heavy atom. The molecule has 0 amide bonds. The van der Waals surface area contributed by atoms with E-state index in [1.54, 1.807) is 14.2 Å². The van der Waals surface area contributed by atoms with Gasteiger partial charge in [0.1, 0.15) is 11.5 Å². The molecule has 1 aliphatic heterocycles. The van der Waals surface area contributed by atoms with Gasteiger partial charge < -0.3 is 14.8 Å². The van der Waals surface area contributed by atoms with Crippen LogP contribution in [0.25, 0.3) is 0 Å². The van der Waals surface area contributed by atoms with E-state index in [0.29, 0.717) is 0 Å². The highest BCUT2D eigenvalue weighted by Crippen LogP contribution is 2.39. The van der Waals surface area contributed by atoms with Gasteiger partial charge in [-0.1, -0.05) is 32.0 Å². The average Bonchev–Trinajstić information content (AvgIpc) is 2.55. The van der Waals surface area contributed by atoms with E-state index in [1.165, 1.54) is 16.7 Å². The van der Waals surface area contributed by atoms with Crippen LogP contribution in [0.4, 0.5) is 0 Å². The van der Waals surface area contributed by atoms with Gasteiger partial charge in [0, 0.05) is 12.0 Å². The van der Waals surface area contributed by atoms with E-state index in [0.717, 1.165) is 18.0 Å². The zero-order valence-electron chi connectivity index (χ0n) is 13.6. The third-order valence-electron chi connectivity index (χ3n) is 4.50. The first-order chi connectivity index (χ1) is 10.5. The van der Waals surface area contributed by atoms with Crippen LogP contribution in [0.2, 0.25) is 0 Å². The van der Waals surface area contributed by atoms with E-state index in [4.69, 9.17) is 9.47 Å². The van der Waals surface area contributed by atoms with Crippen LogP contribution in [0.1, 0.15) is 36.6 Å². The van der Waals surface area contributed by atoms with Crippen molar-refractivity contribution in [3.8, 4) is 11.5 Å². The molecule has 22 heavy (non-hydrogen) atoms. The number of fused-ring (bicyclic) bond motifs is 1. The maximum atomic E-state index is 5.41. The molecule has 1 N–H and O–H groups in total. The molecule has 0 radical (unpaired) electrons. The summed E-state index contributed by atoms with van der Waals surface area (Å²) in [5.74, 6) is 1.80. The van der Waals surface area contributed by atoms with Crippen LogP contribution in [0, 0.1) is 0 Å².